The van der Waals surface area contributed by atoms with Crippen molar-refractivity contribution >= 4 is 21.6 Å². The zero-order valence-corrected chi connectivity index (χ0v) is 22.4. The molecular formula is C28H34N2O5S. The average Bonchev–Trinajstić information content (AvgIpc) is 2.86. The standard InChI is InChI=1S/C28H34N2O5S/c1-20(21-12-14-22(15-13-21)28(2,3)4)29-27(31)19-30(23-10-8-7-9-11-23)36(32,33)24-16-17-25(34-5)26(18-24)35-6/h7-18,20H,19H2,1-6H3,(H,29,31)/t20-/m0/s1. The molecule has 0 spiro atoms. The van der Waals surface area contributed by atoms with Gasteiger partial charge in [-0.15, -0.1) is 0 Å². The molecule has 0 aromatic heterocycles. The Morgan fingerprint density at radius 3 is 2.08 bits per heavy atom. The van der Waals surface area contributed by atoms with Crippen molar-refractivity contribution < 1.29 is 22.7 Å². The van der Waals surface area contributed by atoms with Crippen LogP contribution in [0.2, 0.25) is 0 Å². The second kappa shape index (κ2) is 11.0. The van der Waals surface area contributed by atoms with Crippen molar-refractivity contribution in [2.75, 3.05) is 25.1 Å². The maximum absolute atomic E-state index is 13.7. The summed E-state index contributed by atoms with van der Waals surface area (Å²) in [5.41, 5.74) is 2.54. The number of rotatable bonds is 9. The molecule has 0 unspecified atom stereocenters. The smallest absolute Gasteiger partial charge is 0.264 e. The first-order valence-electron chi connectivity index (χ1n) is 11.7. The van der Waals surface area contributed by atoms with Crippen molar-refractivity contribution in [3.8, 4) is 11.5 Å². The third-order valence-corrected chi connectivity index (χ3v) is 7.70. The van der Waals surface area contributed by atoms with Crippen LogP contribution in [-0.2, 0) is 20.2 Å². The Hall–Kier alpha value is -3.52. The van der Waals surface area contributed by atoms with Gasteiger partial charge in [0.1, 0.15) is 6.54 Å². The van der Waals surface area contributed by atoms with Gasteiger partial charge in [0.05, 0.1) is 30.8 Å². The van der Waals surface area contributed by atoms with E-state index in [4.69, 9.17) is 9.47 Å². The number of methoxy groups -OCH3 is 2. The minimum absolute atomic E-state index is 0.0115. The average molecular weight is 511 g/mol. The fourth-order valence-electron chi connectivity index (χ4n) is 3.79. The largest absolute Gasteiger partial charge is 0.493 e. The van der Waals surface area contributed by atoms with Crippen LogP contribution >= 0.6 is 0 Å². The highest BCUT2D eigenvalue weighted by Gasteiger charge is 2.29. The lowest BCUT2D eigenvalue weighted by Crippen LogP contribution is -2.41. The molecule has 3 aromatic carbocycles. The van der Waals surface area contributed by atoms with E-state index in [9.17, 15) is 13.2 Å². The van der Waals surface area contributed by atoms with E-state index in [0.717, 1.165) is 9.87 Å². The van der Waals surface area contributed by atoms with Crippen LogP contribution in [-0.4, -0.2) is 35.1 Å². The molecule has 36 heavy (non-hydrogen) atoms. The lowest BCUT2D eigenvalue weighted by Gasteiger charge is -2.25. The molecule has 0 saturated heterocycles. The van der Waals surface area contributed by atoms with Crippen molar-refractivity contribution in [1.82, 2.24) is 5.32 Å². The first-order chi connectivity index (χ1) is 17.0. The summed E-state index contributed by atoms with van der Waals surface area (Å²) in [5, 5.41) is 2.93. The number of amides is 1. The second-order valence-corrected chi connectivity index (χ2v) is 11.4. The van der Waals surface area contributed by atoms with Crippen molar-refractivity contribution in [3.05, 3.63) is 83.9 Å². The summed E-state index contributed by atoms with van der Waals surface area (Å²) in [6, 6.07) is 20.7. The predicted molar refractivity (Wildman–Crippen MR) is 142 cm³/mol. The Kier molecular flexibility index (Phi) is 8.30. The molecule has 0 heterocycles. The second-order valence-electron chi connectivity index (χ2n) is 9.53. The molecule has 0 aliphatic heterocycles. The third-order valence-electron chi connectivity index (χ3n) is 5.93. The van der Waals surface area contributed by atoms with Gasteiger partial charge in [0.2, 0.25) is 5.91 Å². The fraction of sp³-hybridized carbons (Fsp3) is 0.321. The molecule has 0 radical (unpaired) electrons. The number of ether oxygens (including phenoxy) is 2. The molecule has 0 saturated carbocycles. The van der Waals surface area contributed by atoms with E-state index in [1.165, 1.54) is 38.0 Å². The minimum atomic E-state index is -4.09. The van der Waals surface area contributed by atoms with Gasteiger partial charge >= 0.3 is 0 Å². The summed E-state index contributed by atoms with van der Waals surface area (Å²) in [5.74, 6) is 0.269. The number of para-hydroxylation sites is 1. The number of carbonyl (C=O) groups excluding carboxylic acids is 1. The van der Waals surface area contributed by atoms with E-state index in [-0.39, 0.29) is 28.6 Å². The SMILES string of the molecule is COc1ccc(S(=O)(=O)N(CC(=O)N[C@@H](C)c2ccc(C(C)(C)C)cc2)c2ccccc2)cc1OC. The number of anilines is 1. The number of nitrogens with zero attached hydrogens (tertiary/aromatic N) is 1. The highest BCUT2D eigenvalue weighted by molar-refractivity contribution is 7.92. The van der Waals surface area contributed by atoms with Crippen LogP contribution in [0.5, 0.6) is 11.5 Å². The van der Waals surface area contributed by atoms with E-state index in [1.807, 2.05) is 19.1 Å². The maximum Gasteiger partial charge on any atom is 0.264 e. The molecule has 8 heteroatoms. The molecule has 7 nitrogen and oxygen atoms in total. The monoisotopic (exact) mass is 510 g/mol. The molecule has 3 rings (SSSR count). The number of hydrogen-bond acceptors (Lipinski definition) is 5. The first kappa shape index (κ1) is 27.1. The third kappa shape index (κ3) is 6.18. The Morgan fingerprint density at radius 1 is 0.917 bits per heavy atom. The first-order valence-corrected chi connectivity index (χ1v) is 13.1. The molecule has 3 aromatic rings. The molecule has 1 N–H and O–H groups in total. The van der Waals surface area contributed by atoms with Crippen LogP contribution in [0.4, 0.5) is 5.69 Å². The maximum atomic E-state index is 13.7. The quantitative estimate of drug-likeness (QED) is 0.434. The van der Waals surface area contributed by atoms with Crippen LogP contribution in [0.25, 0.3) is 0 Å². The van der Waals surface area contributed by atoms with E-state index >= 15 is 0 Å². The zero-order chi connectivity index (χ0) is 26.5. The van der Waals surface area contributed by atoms with Gasteiger partial charge in [-0.25, -0.2) is 8.42 Å². The molecule has 1 amide bonds. The molecular weight excluding hydrogens is 476 g/mol. The van der Waals surface area contributed by atoms with Crippen LogP contribution < -0.4 is 19.1 Å². The number of carbonyl (C=O) groups is 1. The van der Waals surface area contributed by atoms with Gasteiger partial charge in [-0.3, -0.25) is 9.10 Å². The number of hydrogen-bond donors (Lipinski definition) is 1. The zero-order valence-electron chi connectivity index (χ0n) is 21.6. The molecule has 192 valence electrons. The molecule has 1 atom stereocenters. The fourth-order valence-corrected chi connectivity index (χ4v) is 5.22. The van der Waals surface area contributed by atoms with Crippen LogP contribution in [0.1, 0.15) is 44.9 Å². The Morgan fingerprint density at radius 2 is 1.53 bits per heavy atom. The van der Waals surface area contributed by atoms with Gasteiger partial charge in [0.15, 0.2) is 11.5 Å². The highest BCUT2D eigenvalue weighted by atomic mass is 32.2. The summed E-state index contributed by atoms with van der Waals surface area (Å²) in [6.45, 7) is 7.92. The number of benzene rings is 3. The van der Waals surface area contributed by atoms with Crippen LogP contribution in [0, 0.1) is 0 Å². The Labute approximate surface area is 214 Å². The van der Waals surface area contributed by atoms with Crippen molar-refractivity contribution in [1.29, 1.82) is 0 Å². The van der Waals surface area contributed by atoms with Gasteiger partial charge in [0.25, 0.3) is 10.0 Å². The van der Waals surface area contributed by atoms with E-state index < -0.39 is 15.9 Å². The summed E-state index contributed by atoms with van der Waals surface area (Å²) in [4.78, 5) is 13.1. The molecule has 0 fully saturated rings. The normalized spacial score (nSPS) is 12.5. The number of nitrogens with one attached hydrogen (secondary N) is 1. The van der Waals surface area contributed by atoms with Crippen molar-refractivity contribution in [2.45, 2.75) is 44.0 Å². The topological polar surface area (TPSA) is 84.9 Å². The van der Waals surface area contributed by atoms with E-state index in [0.29, 0.717) is 11.4 Å². The summed E-state index contributed by atoms with van der Waals surface area (Å²) in [6.07, 6.45) is 0. The summed E-state index contributed by atoms with van der Waals surface area (Å²) in [7, 11) is -1.18. The molecule has 0 aliphatic rings. The number of sulfonamides is 1. The van der Waals surface area contributed by atoms with Gasteiger partial charge in [-0.1, -0.05) is 63.2 Å². The van der Waals surface area contributed by atoms with Crippen LogP contribution in [0.15, 0.2) is 77.7 Å². The van der Waals surface area contributed by atoms with E-state index in [1.54, 1.807) is 30.3 Å². The van der Waals surface area contributed by atoms with E-state index in [2.05, 4.69) is 38.2 Å². The molecule has 0 aliphatic carbocycles. The highest BCUT2D eigenvalue weighted by Crippen LogP contribution is 2.32. The van der Waals surface area contributed by atoms with Crippen LogP contribution in [0.3, 0.4) is 0 Å². The summed E-state index contributed by atoms with van der Waals surface area (Å²) >= 11 is 0. The lowest BCUT2D eigenvalue weighted by molar-refractivity contribution is -0.120. The van der Waals surface area contributed by atoms with Crippen molar-refractivity contribution in [2.24, 2.45) is 0 Å². The van der Waals surface area contributed by atoms with Crippen molar-refractivity contribution in [3.63, 3.8) is 0 Å². The van der Waals surface area contributed by atoms with Gasteiger partial charge in [-0.2, -0.15) is 0 Å². The minimum Gasteiger partial charge on any atom is -0.493 e. The lowest BCUT2D eigenvalue weighted by atomic mass is 9.86. The molecule has 0 bridgehead atoms. The Balaban J connectivity index is 1.87. The van der Waals surface area contributed by atoms with Gasteiger partial charge in [-0.05, 0) is 47.7 Å². The van der Waals surface area contributed by atoms with Gasteiger partial charge in [0, 0.05) is 6.07 Å². The Bertz CT molecular complexity index is 1280. The van der Waals surface area contributed by atoms with Gasteiger partial charge < -0.3 is 14.8 Å². The predicted octanol–water partition coefficient (Wildman–Crippen LogP) is 5.07. The summed E-state index contributed by atoms with van der Waals surface area (Å²) < 4.78 is 39.0.